The van der Waals surface area contributed by atoms with Crippen LogP contribution in [0.1, 0.15) is 32.1 Å². The van der Waals surface area contributed by atoms with Crippen LogP contribution in [0, 0.1) is 5.92 Å². The lowest BCUT2D eigenvalue weighted by atomic mass is 9.84. The molecule has 2 rings (SSSR count). The molecule has 0 amide bonds. The first-order valence-electron chi connectivity index (χ1n) is 6.93. The minimum Gasteiger partial charge on any atom is -0.468 e. The van der Waals surface area contributed by atoms with Gasteiger partial charge in [-0.15, -0.1) is 0 Å². The van der Waals surface area contributed by atoms with Gasteiger partial charge < -0.3 is 9.84 Å². The Morgan fingerprint density at radius 2 is 2.05 bits per heavy atom. The molecule has 0 aromatic carbocycles. The monoisotopic (exact) mass is 295 g/mol. The number of aliphatic hydroxyl groups is 1. The molecule has 0 aromatic rings. The number of likely N-dealkylation sites (tertiary alicyclic amines) is 1. The molecule has 4 nitrogen and oxygen atoms in total. The summed E-state index contributed by atoms with van der Waals surface area (Å²) < 4.78 is 42.3. The van der Waals surface area contributed by atoms with Crippen molar-refractivity contribution < 1.29 is 27.8 Å². The maximum absolute atomic E-state index is 12.5. The average molecular weight is 295 g/mol. The van der Waals surface area contributed by atoms with Gasteiger partial charge in [-0.3, -0.25) is 9.69 Å². The molecule has 1 N–H and O–H groups in total. The van der Waals surface area contributed by atoms with Crippen molar-refractivity contribution in [2.24, 2.45) is 5.92 Å². The molecule has 20 heavy (non-hydrogen) atoms. The Hall–Kier alpha value is -0.820. The first-order chi connectivity index (χ1) is 9.34. The van der Waals surface area contributed by atoms with E-state index in [0.717, 1.165) is 25.7 Å². The lowest BCUT2D eigenvalue weighted by molar-refractivity contribution is -0.211. The van der Waals surface area contributed by atoms with E-state index in [1.807, 2.05) is 0 Å². The van der Waals surface area contributed by atoms with Crippen LogP contribution < -0.4 is 0 Å². The molecular weight excluding hydrogens is 275 g/mol. The van der Waals surface area contributed by atoms with Gasteiger partial charge in [0.2, 0.25) is 0 Å². The third kappa shape index (κ3) is 3.09. The van der Waals surface area contributed by atoms with Crippen molar-refractivity contribution in [1.29, 1.82) is 0 Å². The zero-order valence-corrected chi connectivity index (χ0v) is 11.4. The quantitative estimate of drug-likeness (QED) is 0.805. The van der Waals surface area contributed by atoms with Crippen LogP contribution in [0.5, 0.6) is 0 Å². The van der Waals surface area contributed by atoms with E-state index in [4.69, 9.17) is 4.74 Å². The van der Waals surface area contributed by atoms with Crippen molar-refractivity contribution >= 4 is 5.97 Å². The van der Waals surface area contributed by atoms with E-state index < -0.39 is 30.8 Å². The normalized spacial score (nSPS) is 32.8. The second-order valence-corrected chi connectivity index (χ2v) is 5.64. The van der Waals surface area contributed by atoms with Gasteiger partial charge in [0, 0.05) is 12.6 Å². The van der Waals surface area contributed by atoms with Gasteiger partial charge in [0.1, 0.15) is 6.04 Å². The fourth-order valence-corrected chi connectivity index (χ4v) is 3.49. The third-order valence-electron chi connectivity index (χ3n) is 4.46. The molecule has 1 aliphatic carbocycles. The van der Waals surface area contributed by atoms with Crippen molar-refractivity contribution in [2.75, 3.05) is 13.7 Å². The molecule has 0 aromatic heterocycles. The van der Waals surface area contributed by atoms with Gasteiger partial charge in [-0.25, -0.2) is 0 Å². The molecule has 7 heteroatoms. The molecule has 0 spiro atoms. The van der Waals surface area contributed by atoms with Gasteiger partial charge in [0.25, 0.3) is 0 Å². The number of carbonyl (C=O) groups excluding carboxylic acids is 1. The highest BCUT2D eigenvalue weighted by Crippen LogP contribution is 2.40. The fourth-order valence-electron chi connectivity index (χ4n) is 3.49. The molecule has 2 fully saturated rings. The number of carbonyl (C=O) groups is 1. The topological polar surface area (TPSA) is 49.8 Å². The Labute approximate surface area is 115 Å². The highest BCUT2D eigenvalue weighted by molar-refractivity contribution is 5.76. The molecule has 4 atom stereocenters. The molecule has 1 saturated carbocycles. The number of aliphatic hydroxyl groups excluding tert-OH is 1. The summed E-state index contributed by atoms with van der Waals surface area (Å²) in [7, 11) is 1.24. The van der Waals surface area contributed by atoms with Crippen molar-refractivity contribution in [3.63, 3.8) is 0 Å². The average Bonchev–Trinajstić information content (AvgIpc) is 2.76. The lowest BCUT2D eigenvalue weighted by Gasteiger charge is -2.34. The van der Waals surface area contributed by atoms with Gasteiger partial charge in [-0.05, 0) is 25.2 Å². The van der Waals surface area contributed by atoms with Crippen molar-refractivity contribution in [3.8, 4) is 0 Å². The molecule has 0 bridgehead atoms. The van der Waals surface area contributed by atoms with Gasteiger partial charge in [-0.2, -0.15) is 13.2 Å². The lowest BCUT2D eigenvalue weighted by Crippen LogP contribution is -2.49. The number of nitrogens with zero attached hydrogens (tertiary/aromatic N) is 1. The second kappa shape index (κ2) is 5.89. The van der Waals surface area contributed by atoms with Crippen molar-refractivity contribution in [3.05, 3.63) is 0 Å². The Kier molecular flexibility index (Phi) is 4.59. The number of β-amino-alcohol motifs (C(OH)–C–C–N with tert-alkyl or cyclic N) is 1. The number of esters is 1. The first kappa shape index (κ1) is 15.6. The zero-order valence-electron chi connectivity index (χ0n) is 11.4. The first-order valence-corrected chi connectivity index (χ1v) is 6.93. The van der Waals surface area contributed by atoms with Crippen molar-refractivity contribution in [2.45, 2.75) is 56.5 Å². The Balaban J connectivity index is 2.13. The van der Waals surface area contributed by atoms with Gasteiger partial charge >= 0.3 is 12.1 Å². The highest BCUT2D eigenvalue weighted by atomic mass is 19.4. The minimum absolute atomic E-state index is 0.0511. The summed E-state index contributed by atoms with van der Waals surface area (Å²) in [5.74, 6) is -0.276. The van der Waals surface area contributed by atoms with Gasteiger partial charge in [-0.1, -0.05) is 12.8 Å². The Morgan fingerprint density at radius 1 is 1.40 bits per heavy atom. The Bertz CT molecular complexity index is 361. The summed E-state index contributed by atoms with van der Waals surface area (Å²) in [5, 5.41) is 9.29. The van der Waals surface area contributed by atoms with Gasteiger partial charge in [0.15, 0.2) is 6.10 Å². The van der Waals surface area contributed by atoms with E-state index in [1.165, 1.54) is 12.0 Å². The molecule has 1 heterocycles. The zero-order chi connectivity index (χ0) is 14.9. The summed E-state index contributed by atoms with van der Waals surface area (Å²) in [6.45, 7) is -0.551. The number of ether oxygens (including phenoxy) is 1. The summed E-state index contributed by atoms with van der Waals surface area (Å²) in [6.07, 6.45) is -2.84. The highest BCUT2D eigenvalue weighted by Gasteiger charge is 2.49. The molecule has 0 radical (unpaired) electrons. The molecular formula is C13H20F3NO3. The molecule has 0 unspecified atom stereocenters. The second-order valence-electron chi connectivity index (χ2n) is 5.64. The SMILES string of the molecule is COC(=O)[C@@H]1C[C@@H]2CCCC[C@H]2N1C[C@@H](O)C(F)(F)F. The summed E-state index contributed by atoms with van der Waals surface area (Å²) >= 11 is 0. The van der Waals surface area contributed by atoms with Crippen LogP contribution in [0.25, 0.3) is 0 Å². The van der Waals surface area contributed by atoms with Crippen LogP contribution >= 0.6 is 0 Å². The van der Waals surface area contributed by atoms with E-state index in [0.29, 0.717) is 6.42 Å². The summed E-state index contributed by atoms with van der Waals surface area (Å²) in [5.41, 5.74) is 0. The molecule has 1 saturated heterocycles. The smallest absolute Gasteiger partial charge is 0.415 e. The number of methoxy groups -OCH3 is 1. The third-order valence-corrected chi connectivity index (χ3v) is 4.46. The largest absolute Gasteiger partial charge is 0.468 e. The van der Waals surface area contributed by atoms with E-state index >= 15 is 0 Å². The van der Waals surface area contributed by atoms with Crippen LogP contribution in [0.3, 0.4) is 0 Å². The number of halogens is 3. The predicted octanol–water partition coefficient (Wildman–Crippen LogP) is 1.72. The summed E-state index contributed by atoms with van der Waals surface area (Å²) in [4.78, 5) is 13.3. The van der Waals surface area contributed by atoms with Crippen molar-refractivity contribution in [1.82, 2.24) is 4.90 Å². The van der Waals surface area contributed by atoms with E-state index in [2.05, 4.69) is 0 Å². The number of rotatable bonds is 3. The predicted molar refractivity (Wildman–Crippen MR) is 64.9 cm³/mol. The summed E-state index contributed by atoms with van der Waals surface area (Å²) in [6, 6.07) is -0.713. The molecule has 116 valence electrons. The Morgan fingerprint density at radius 3 is 2.65 bits per heavy atom. The van der Waals surface area contributed by atoms with Crippen LogP contribution in [0.15, 0.2) is 0 Å². The fraction of sp³-hybridized carbons (Fsp3) is 0.923. The number of hydrogen-bond acceptors (Lipinski definition) is 4. The van der Waals surface area contributed by atoms with E-state index in [-0.39, 0.29) is 12.0 Å². The van der Waals surface area contributed by atoms with E-state index in [9.17, 15) is 23.1 Å². The van der Waals surface area contributed by atoms with E-state index in [1.54, 1.807) is 0 Å². The van der Waals surface area contributed by atoms with Gasteiger partial charge in [0.05, 0.1) is 7.11 Å². The molecule has 1 aliphatic heterocycles. The minimum atomic E-state index is -4.66. The maximum Gasteiger partial charge on any atom is 0.415 e. The van der Waals surface area contributed by atoms with Crippen LogP contribution in [-0.4, -0.2) is 54.0 Å². The number of fused-ring (bicyclic) bond motifs is 1. The number of alkyl halides is 3. The standard InChI is InChI=1S/C13H20F3NO3/c1-20-12(19)10-6-8-4-2-3-5-9(8)17(10)7-11(18)13(14,15)16/h8-11,18H,2-7H2,1H3/t8-,9+,10-,11+/m0/s1. The number of hydrogen-bond donors (Lipinski definition) is 1. The van der Waals surface area contributed by atoms with Crippen LogP contribution in [0.4, 0.5) is 13.2 Å². The van der Waals surface area contributed by atoms with Crippen LogP contribution in [0.2, 0.25) is 0 Å². The maximum atomic E-state index is 12.5. The molecule has 2 aliphatic rings. The van der Waals surface area contributed by atoms with Crippen LogP contribution in [-0.2, 0) is 9.53 Å².